The summed E-state index contributed by atoms with van der Waals surface area (Å²) in [6.07, 6.45) is 6.45. The maximum atomic E-state index is 13.2. The molecule has 0 amide bonds. The number of hydrogen-bond acceptors (Lipinski definition) is 1. The Labute approximate surface area is 120 Å². The van der Waals surface area contributed by atoms with Crippen molar-refractivity contribution in [3.8, 4) is 0 Å². The summed E-state index contributed by atoms with van der Waals surface area (Å²) in [5, 5.41) is 6.66. The second-order valence-electron chi connectivity index (χ2n) is 5.06. The minimum atomic E-state index is -0.167. The van der Waals surface area contributed by atoms with E-state index in [1.165, 1.54) is 6.07 Å². The van der Waals surface area contributed by atoms with Gasteiger partial charge in [-0.1, -0.05) is 24.3 Å². The minimum Gasteiger partial charge on any atom is -0.357 e. The third-order valence-electron chi connectivity index (χ3n) is 3.34. The van der Waals surface area contributed by atoms with Crippen LogP contribution in [0.2, 0.25) is 0 Å². The number of guanidine groups is 1. The monoisotopic (exact) mass is 275 g/mol. The van der Waals surface area contributed by atoms with E-state index in [4.69, 9.17) is 0 Å². The predicted octanol–water partition coefficient (Wildman–Crippen LogP) is 2.91. The maximum Gasteiger partial charge on any atom is 0.191 e. The molecule has 2 rings (SSSR count). The molecule has 1 aliphatic rings. The molecule has 0 radical (unpaired) electrons. The Morgan fingerprint density at radius 1 is 1.35 bits per heavy atom. The van der Waals surface area contributed by atoms with Gasteiger partial charge in [0.25, 0.3) is 0 Å². The van der Waals surface area contributed by atoms with E-state index in [-0.39, 0.29) is 5.82 Å². The number of hydrogen-bond donors (Lipinski definition) is 2. The molecule has 0 fully saturated rings. The number of nitrogens with zero attached hydrogens (tertiary/aromatic N) is 1. The number of rotatable bonds is 4. The van der Waals surface area contributed by atoms with E-state index in [1.807, 2.05) is 13.0 Å². The highest BCUT2D eigenvalue weighted by molar-refractivity contribution is 5.80. The van der Waals surface area contributed by atoms with E-state index in [2.05, 4.69) is 27.8 Å². The van der Waals surface area contributed by atoms with E-state index in [0.29, 0.717) is 18.2 Å². The van der Waals surface area contributed by atoms with E-state index in [9.17, 15) is 4.39 Å². The Morgan fingerprint density at radius 3 is 2.75 bits per heavy atom. The number of nitrogens with one attached hydrogen (secondary N) is 2. The third-order valence-corrected chi connectivity index (χ3v) is 3.34. The van der Waals surface area contributed by atoms with Crippen LogP contribution in [0.3, 0.4) is 0 Å². The zero-order chi connectivity index (χ0) is 14.4. The standard InChI is InChI=1S/C16H22FN3/c1-3-18-16(20-14-6-4-5-7-14)19-11-13-8-9-15(17)12(2)10-13/h4-5,8-10,14H,3,6-7,11H2,1-2H3,(H2,18,19,20). The van der Waals surface area contributed by atoms with Crippen LogP contribution in [0.15, 0.2) is 35.3 Å². The first-order chi connectivity index (χ1) is 9.69. The molecule has 4 heteroatoms. The second kappa shape index (κ2) is 7.08. The fourth-order valence-electron chi connectivity index (χ4n) is 2.22. The topological polar surface area (TPSA) is 36.4 Å². The van der Waals surface area contributed by atoms with Crippen molar-refractivity contribution in [3.63, 3.8) is 0 Å². The highest BCUT2D eigenvalue weighted by Gasteiger charge is 2.11. The molecule has 0 bridgehead atoms. The van der Waals surface area contributed by atoms with Crippen molar-refractivity contribution in [2.45, 2.75) is 39.3 Å². The van der Waals surface area contributed by atoms with Crippen LogP contribution in [0, 0.1) is 12.7 Å². The van der Waals surface area contributed by atoms with Crippen LogP contribution < -0.4 is 10.6 Å². The van der Waals surface area contributed by atoms with Gasteiger partial charge in [-0.05, 0) is 43.9 Å². The fraction of sp³-hybridized carbons (Fsp3) is 0.438. The van der Waals surface area contributed by atoms with Gasteiger partial charge in [-0.3, -0.25) is 0 Å². The Kier molecular flexibility index (Phi) is 5.16. The van der Waals surface area contributed by atoms with Crippen LogP contribution in [-0.2, 0) is 6.54 Å². The first kappa shape index (κ1) is 14.6. The molecule has 0 heterocycles. The molecule has 0 atom stereocenters. The van der Waals surface area contributed by atoms with Gasteiger partial charge in [0.05, 0.1) is 6.54 Å². The number of halogens is 1. The van der Waals surface area contributed by atoms with Crippen LogP contribution >= 0.6 is 0 Å². The molecular weight excluding hydrogens is 253 g/mol. The quantitative estimate of drug-likeness (QED) is 0.503. The van der Waals surface area contributed by atoms with Crippen molar-refractivity contribution >= 4 is 5.96 Å². The summed E-state index contributed by atoms with van der Waals surface area (Å²) in [5.41, 5.74) is 1.68. The van der Waals surface area contributed by atoms with Gasteiger partial charge >= 0.3 is 0 Å². The lowest BCUT2D eigenvalue weighted by Crippen LogP contribution is -2.42. The minimum absolute atomic E-state index is 0.167. The normalized spacial score (nSPS) is 15.7. The third kappa shape index (κ3) is 4.08. The van der Waals surface area contributed by atoms with Gasteiger partial charge in [-0.2, -0.15) is 0 Å². The average molecular weight is 275 g/mol. The lowest BCUT2D eigenvalue weighted by molar-refractivity contribution is 0.617. The van der Waals surface area contributed by atoms with Crippen molar-refractivity contribution in [3.05, 3.63) is 47.3 Å². The number of benzene rings is 1. The van der Waals surface area contributed by atoms with E-state index in [0.717, 1.165) is 30.9 Å². The summed E-state index contributed by atoms with van der Waals surface area (Å²) >= 11 is 0. The molecule has 0 saturated heterocycles. The molecule has 1 aliphatic carbocycles. The zero-order valence-electron chi connectivity index (χ0n) is 12.1. The smallest absolute Gasteiger partial charge is 0.191 e. The molecule has 108 valence electrons. The number of aryl methyl sites for hydroxylation is 1. The Bertz CT molecular complexity index is 500. The van der Waals surface area contributed by atoms with Crippen molar-refractivity contribution in [1.29, 1.82) is 0 Å². The van der Waals surface area contributed by atoms with Gasteiger partial charge < -0.3 is 10.6 Å². The van der Waals surface area contributed by atoms with Crippen LogP contribution in [-0.4, -0.2) is 18.5 Å². The molecule has 20 heavy (non-hydrogen) atoms. The highest BCUT2D eigenvalue weighted by atomic mass is 19.1. The first-order valence-electron chi connectivity index (χ1n) is 7.14. The molecule has 0 aromatic heterocycles. The van der Waals surface area contributed by atoms with Gasteiger partial charge in [-0.15, -0.1) is 0 Å². The summed E-state index contributed by atoms with van der Waals surface area (Å²) in [6, 6.07) is 5.57. The van der Waals surface area contributed by atoms with E-state index in [1.54, 1.807) is 13.0 Å². The summed E-state index contributed by atoms with van der Waals surface area (Å²) in [7, 11) is 0. The van der Waals surface area contributed by atoms with Crippen molar-refractivity contribution in [2.24, 2.45) is 4.99 Å². The van der Waals surface area contributed by atoms with Crippen LogP contribution in [0.25, 0.3) is 0 Å². The number of aliphatic imine (C=N–C) groups is 1. The van der Waals surface area contributed by atoms with Gasteiger partial charge in [0.1, 0.15) is 5.82 Å². The molecule has 1 aromatic carbocycles. The average Bonchev–Trinajstić information content (AvgIpc) is 2.93. The molecule has 3 nitrogen and oxygen atoms in total. The Hall–Kier alpha value is -1.84. The van der Waals surface area contributed by atoms with Crippen molar-refractivity contribution in [2.75, 3.05) is 6.54 Å². The highest BCUT2D eigenvalue weighted by Crippen LogP contribution is 2.11. The molecule has 0 aliphatic heterocycles. The Balaban J connectivity index is 1.98. The van der Waals surface area contributed by atoms with E-state index < -0.39 is 0 Å². The second-order valence-corrected chi connectivity index (χ2v) is 5.06. The largest absolute Gasteiger partial charge is 0.357 e. The van der Waals surface area contributed by atoms with Crippen LogP contribution in [0.5, 0.6) is 0 Å². The van der Waals surface area contributed by atoms with Crippen LogP contribution in [0.4, 0.5) is 4.39 Å². The molecule has 0 unspecified atom stereocenters. The van der Waals surface area contributed by atoms with Gasteiger partial charge in [0, 0.05) is 12.6 Å². The fourth-order valence-corrected chi connectivity index (χ4v) is 2.22. The Morgan fingerprint density at radius 2 is 2.10 bits per heavy atom. The predicted molar refractivity (Wildman–Crippen MR) is 81.3 cm³/mol. The SMILES string of the molecule is CCNC(=NCc1ccc(F)c(C)c1)NC1CC=CC1. The maximum absolute atomic E-state index is 13.2. The van der Waals surface area contributed by atoms with Crippen molar-refractivity contribution in [1.82, 2.24) is 10.6 Å². The molecule has 0 spiro atoms. The molecular formula is C16H22FN3. The van der Waals surface area contributed by atoms with Crippen molar-refractivity contribution < 1.29 is 4.39 Å². The summed E-state index contributed by atoms with van der Waals surface area (Å²) in [6.45, 7) is 5.20. The summed E-state index contributed by atoms with van der Waals surface area (Å²) < 4.78 is 13.2. The van der Waals surface area contributed by atoms with Crippen LogP contribution in [0.1, 0.15) is 30.9 Å². The van der Waals surface area contributed by atoms with E-state index >= 15 is 0 Å². The van der Waals surface area contributed by atoms with Gasteiger partial charge in [-0.25, -0.2) is 9.38 Å². The first-order valence-corrected chi connectivity index (χ1v) is 7.14. The molecule has 1 aromatic rings. The molecule has 0 saturated carbocycles. The lowest BCUT2D eigenvalue weighted by atomic mass is 10.1. The summed E-state index contributed by atoms with van der Waals surface area (Å²) in [4.78, 5) is 4.56. The van der Waals surface area contributed by atoms with Gasteiger partial charge in [0.2, 0.25) is 0 Å². The summed E-state index contributed by atoms with van der Waals surface area (Å²) in [5.74, 6) is 0.656. The zero-order valence-corrected chi connectivity index (χ0v) is 12.1. The lowest BCUT2D eigenvalue weighted by Gasteiger charge is -2.16. The molecule has 2 N–H and O–H groups in total. The van der Waals surface area contributed by atoms with Gasteiger partial charge in [0.15, 0.2) is 5.96 Å².